The molecule has 5 aliphatic rings. The van der Waals surface area contributed by atoms with E-state index in [2.05, 4.69) is 4.74 Å². The standard InChI is InChI=1S/C40H43F3O12/c1-20(44)52-29-16-28(47)39-19-51-18-36(29,3)27(39)15-30(54-31(48)11-8-22-6-9-24(10-7-22)55-40(41,42)43)38(5)33-26(46)14-25(23-12-13-50-17-23)37(33,4)35(53-21(2)45)32(49)34(38)39/h6-13,17,25,27-30,33-35,47H,14-16,18-19H2,1-5H3/b11-8+/t25-,27-,28-,29+,30+,33+,34-,35-,36+,37-,38-,39+/m0/s1. The molecular formula is C40H43F3O12. The molecule has 1 aliphatic heterocycles. The predicted molar refractivity (Wildman–Crippen MR) is 183 cm³/mol. The number of alkyl halides is 3. The van der Waals surface area contributed by atoms with Gasteiger partial charge in [-0.1, -0.05) is 32.9 Å². The Morgan fingerprint density at radius 1 is 0.891 bits per heavy atom. The number of hydrogen-bond donors (Lipinski definition) is 1. The number of aliphatic hydroxyl groups excluding tert-OH is 1. The molecule has 1 saturated heterocycles. The minimum absolute atomic E-state index is 0.0262. The van der Waals surface area contributed by atoms with Crippen LogP contribution in [0, 0.1) is 39.4 Å². The van der Waals surface area contributed by atoms with Crippen LogP contribution in [0.2, 0.25) is 0 Å². The summed E-state index contributed by atoms with van der Waals surface area (Å²) in [7, 11) is 0. The summed E-state index contributed by atoms with van der Waals surface area (Å²) in [6.07, 6.45) is -4.23. The minimum atomic E-state index is -4.88. The van der Waals surface area contributed by atoms with Crippen molar-refractivity contribution in [3.8, 4) is 5.75 Å². The maximum Gasteiger partial charge on any atom is 0.573 e. The second-order valence-corrected chi connectivity index (χ2v) is 16.4. The average Bonchev–Trinajstić information content (AvgIpc) is 3.71. The lowest BCUT2D eigenvalue weighted by molar-refractivity contribution is -0.323. The first-order valence-electron chi connectivity index (χ1n) is 18.2. The Morgan fingerprint density at radius 2 is 1.58 bits per heavy atom. The van der Waals surface area contributed by atoms with Crippen LogP contribution in [0.1, 0.15) is 70.9 Å². The molecule has 5 fully saturated rings. The molecule has 15 heteroatoms. The molecule has 1 aromatic heterocycles. The van der Waals surface area contributed by atoms with Crippen molar-refractivity contribution in [2.24, 2.45) is 39.4 Å². The summed E-state index contributed by atoms with van der Waals surface area (Å²) in [5.41, 5.74) is -4.22. The van der Waals surface area contributed by atoms with Gasteiger partial charge in [-0.15, -0.1) is 13.2 Å². The number of ether oxygens (including phenoxy) is 5. The van der Waals surface area contributed by atoms with Crippen LogP contribution in [-0.2, 0) is 42.9 Å². The molecular weight excluding hydrogens is 729 g/mol. The van der Waals surface area contributed by atoms with E-state index in [4.69, 9.17) is 23.4 Å². The van der Waals surface area contributed by atoms with Crippen LogP contribution in [0.3, 0.4) is 0 Å². The van der Waals surface area contributed by atoms with Crippen molar-refractivity contribution in [2.75, 3.05) is 13.2 Å². The molecule has 12 atom stereocenters. The molecule has 2 heterocycles. The molecule has 1 N–H and O–H groups in total. The summed E-state index contributed by atoms with van der Waals surface area (Å²) in [6, 6.07) is 6.52. The van der Waals surface area contributed by atoms with Gasteiger partial charge in [0.1, 0.15) is 23.7 Å². The zero-order valence-corrected chi connectivity index (χ0v) is 30.9. The van der Waals surface area contributed by atoms with Crippen LogP contribution >= 0.6 is 0 Å². The van der Waals surface area contributed by atoms with Gasteiger partial charge in [0.05, 0.1) is 31.8 Å². The normalized spacial score (nSPS) is 39.4. The first-order valence-corrected chi connectivity index (χ1v) is 18.2. The third-order valence-corrected chi connectivity index (χ3v) is 13.5. The summed E-state index contributed by atoms with van der Waals surface area (Å²) < 4.78 is 71.6. The number of ketones is 2. The fraction of sp³-hybridized carbons (Fsp3) is 0.575. The van der Waals surface area contributed by atoms with E-state index in [0.717, 1.165) is 18.2 Å². The molecule has 7 rings (SSSR count). The van der Waals surface area contributed by atoms with Crippen molar-refractivity contribution in [3.63, 3.8) is 0 Å². The molecule has 12 nitrogen and oxygen atoms in total. The Hall–Kier alpha value is -4.50. The quantitative estimate of drug-likeness (QED) is 0.218. The summed E-state index contributed by atoms with van der Waals surface area (Å²) in [6.45, 7) is 7.72. The summed E-state index contributed by atoms with van der Waals surface area (Å²) in [5.74, 6) is -7.00. The topological polar surface area (TPSA) is 165 Å². The largest absolute Gasteiger partial charge is 0.573 e. The lowest BCUT2D eigenvalue weighted by Gasteiger charge is -2.72. The van der Waals surface area contributed by atoms with Gasteiger partial charge in [0.25, 0.3) is 0 Å². The number of carbonyl (C=O) groups is 5. The zero-order valence-electron chi connectivity index (χ0n) is 30.9. The van der Waals surface area contributed by atoms with E-state index in [1.165, 1.54) is 44.6 Å². The monoisotopic (exact) mass is 772 g/mol. The number of benzene rings is 1. The number of esters is 3. The highest BCUT2D eigenvalue weighted by atomic mass is 19.4. The van der Waals surface area contributed by atoms with Gasteiger partial charge >= 0.3 is 24.3 Å². The Kier molecular flexibility index (Phi) is 9.39. The lowest BCUT2D eigenvalue weighted by Crippen LogP contribution is -2.79. The molecule has 2 aromatic rings. The Morgan fingerprint density at radius 3 is 2.20 bits per heavy atom. The average molecular weight is 773 g/mol. The van der Waals surface area contributed by atoms with Crippen LogP contribution in [-0.4, -0.2) is 78.6 Å². The van der Waals surface area contributed by atoms with Crippen molar-refractivity contribution in [1.82, 2.24) is 0 Å². The smallest absolute Gasteiger partial charge is 0.472 e. The van der Waals surface area contributed by atoms with Gasteiger partial charge in [-0.25, -0.2) is 4.79 Å². The number of carbonyl (C=O) groups excluding carboxylic acids is 5. The predicted octanol–water partition coefficient (Wildman–Crippen LogP) is 5.36. The number of fused-ring (bicyclic) bond motifs is 3. The van der Waals surface area contributed by atoms with E-state index in [1.807, 2.05) is 6.92 Å². The van der Waals surface area contributed by atoms with Crippen LogP contribution in [0.15, 0.2) is 53.4 Å². The van der Waals surface area contributed by atoms with Gasteiger partial charge in [-0.3, -0.25) is 19.2 Å². The van der Waals surface area contributed by atoms with Crippen molar-refractivity contribution < 1.29 is 70.4 Å². The van der Waals surface area contributed by atoms with Crippen LogP contribution < -0.4 is 4.74 Å². The molecule has 1 aromatic carbocycles. The molecule has 4 aliphatic carbocycles. The fourth-order valence-electron chi connectivity index (χ4n) is 11.6. The first kappa shape index (κ1) is 38.8. The van der Waals surface area contributed by atoms with Crippen molar-refractivity contribution >= 4 is 35.6 Å². The van der Waals surface area contributed by atoms with Crippen LogP contribution in [0.5, 0.6) is 5.75 Å². The molecule has 0 amide bonds. The Bertz CT molecular complexity index is 1910. The Balaban J connectivity index is 1.35. The highest BCUT2D eigenvalue weighted by Crippen LogP contribution is 2.75. The van der Waals surface area contributed by atoms with Gasteiger partial charge < -0.3 is 33.2 Å². The molecule has 4 saturated carbocycles. The van der Waals surface area contributed by atoms with Gasteiger partial charge in [-0.2, -0.15) is 0 Å². The second kappa shape index (κ2) is 13.3. The third-order valence-electron chi connectivity index (χ3n) is 13.5. The van der Waals surface area contributed by atoms with Crippen LogP contribution in [0.4, 0.5) is 13.2 Å². The van der Waals surface area contributed by atoms with Gasteiger partial charge in [0.2, 0.25) is 0 Å². The van der Waals surface area contributed by atoms with E-state index in [1.54, 1.807) is 19.9 Å². The molecule has 2 bridgehead atoms. The number of aliphatic hydroxyl groups is 1. The molecule has 55 heavy (non-hydrogen) atoms. The molecule has 296 valence electrons. The number of hydrogen-bond acceptors (Lipinski definition) is 12. The maximum atomic E-state index is 15.5. The lowest BCUT2D eigenvalue weighted by atomic mass is 9.33. The number of rotatable bonds is 7. The zero-order chi connectivity index (χ0) is 39.9. The van der Waals surface area contributed by atoms with E-state index < -0.39 is 106 Å². The van der Waals surface area contributed by atoms with Crippen molar-refractivity contribution in [2.45, 2.75) is 90.6 Å². The highest BCUT2D eigenvalue weighted by Gasteiger charge is 2.82. The second-order valence-electron chi connectivity index (χ2n) is 16.4. The van der Waals surface area contributed by atoms with Gasteiger partial charge in [0, 0.05) is 72.2 Å². The van der Waals surface area contributed by atoms with Gasteiger partial charge in [-0.05, 0) is 47.7 Å². The third kappa shape index (κ3) is 5.99. The fourth-order valence-corrected chi connectivity index (χ4v) is 11.6. The highest BCUT2D eigenvalue weighted by molar-refractivity contribution is 5.98. The molecule has 0 spiro atoms. The van der Waals surface area contributed by atoms with Gasteiger partial charge in [0.15, 0.2) is 11.9 Å². The molecule has 0 radical (unpaired) electrons. The van der Waals surface area contributed by atoms with Crippen molar-refractivity contribution in [1.29, 1.82) is 0 Å². The number of halogens is 3. The summed E-state index contributed by atoms with van der Waals surface area (Å²) >= 11 is 0. The SMILES string of the molecule is CC(=O)O[C@@H]1C[C@H](O)[C@@]23COC[C@]1(C)[C@@H]2C[C@@H](OC(=O)/C=C/c1ccc(OC(F)(F)F)cc1)[C@@]1(C)[C@@H]2C(=O)C[C@@H](c4ccoc4)[C@]2(C)[C@@H](OC(C)=O)C(=O)[C@@H]13. The number of Topliss-reactive ketones (excluding diaryl/α,β-unsaturated/α-hetero) is 2. The summed E-state index contributed by atoms with van der Waals surface area (Å²) in [4.78, 5) is 69.1. The van der Waals surface area contributed by atoms with E-state index >= 15 is 4.79 Å². The van der Waals surface area contributed by atoms with Crippen molar-refractivity contribution in [3.05, 3.63) is 60.1 Å². The van der Waals surface area contributed by atoms with E-state index in [-0.39, 0.29) is 38.3 Å². The van der Waals surface area contributed by atoms with E-state index in [9.17, 15) is 37.5 Å². The Labute approximate surface area is 314 Å². The van der Waals surface area contributed by atoms with E-state index in [0.29, 0.717) is 11.1 Å². The molecule has 0 unspecified atom stereocenters. The number of furan rings is 1. The maximum absolute atomic E-state index is 15.5. The summed E-state index contributed by atoms with van der Waals surface area (Å²) in [5, 5.41) is 12.3. The minimum Gasteiger partial charge on any atom is -0.472 e. The van der Waals surface area contributed by atoms with Crippen LogP contribution in [0.25, 0.3) is 6.08 Å². The first-order chi connectivity index (χ1) is 25.8.